The van der Waals surface area contributed by atoms with E-state index < -0.39 is 11.7 Å². The van der Waals surface area contributed by atoms with Crippen LogP contribution in [-0.2, 0) is 0 Å². The van der Waals surface area contributed by atoms with Gasteiger partial charge in [-0.15, -0.1) is 10.2 Å². The first-order valence-electron chi connectivity index (χ1n) is 9.12. The number of halogens is 1. The van der Waals surface area contributed by atoms with Crippen LogP contribution in [0.1, 0.15) is 24.2 Å². The Labute approximate surface area is 163 Å². The van der Waals surface area contributed by atoms with Crippen molar-refractivity contribution in [1.82, 2.24) is 10.2 Å². The van der Waals surface area contributed by atoms with Crippen LogP contribution in [0.5, 0.6) is 0 Å². The van der Waals surface area contributed by atoms with Gasteiger partial charge in [0.1, 0.15) is 5.82 Å². The Morgan fingerprint density at radius 1 is 0.929 bits per heavy atom. The van der Waals surface area contributed by atoms with Crippen molar-refractivity contribution >= 4 is 28.9 Å². The van der Waals surface area contributed by atoms with Crippen LogP contribution in [0.2, 0.25) is 0 Å². The molecule has 7 heteroatoms. The summed E-state index contributed by atoms with van der Waals surface area (Å²) in [5, 5.41) is 13.7. The molecule has 0 aliphatic rings. The molecule has 6 nitrogen and oxygen atoms in total. The monoisotopic (exact) mass is 379 g/mol. The summed E-state index contributed by atoms with van der Waals surface area (Å²) in [7, 11) is 0. The van der Waals surface area contributed by atoms with E-state index in [9.17, 15) is 9.18 Å². The van der Waals surface area contributed by atoms with E-state index in [1.807, 2.05) is 24.3 Å². The van der Waals surface area contributed by atoms with E-state index in [1.165, 1.54) is 18.2 Å². The van der Waals surface area contributed by atoms with Gasteiger partial charge in [0.15, 0.2) is 11.6 Å². The molecule has 3 aromatic rings. The minimum Gasteiger partial charge on any atom is -0.372 e. The third kappa shape index (κ3) is 4.62. The van der Waals surface area contributed by atoms with Crippen LogP contribution in [0.25, 0.3) is 0 Å². The summed E-state index contributed by atoms with van der Waals surface area (Å²) >= 11 is 0. The van der Waals surface area contributed by atoms with Gasteiger partial charge >= 0.3 is 0 Å². The molecule has 0 fully saturated rings. The first-order chi connectivity index (χ1) is 13.6. The molecule has 0 spiro atoms. The summed E-state index contributed by atoms with van der Waals surface area (Å²) in [4.78, 5) is 14.4. The van der Waals surface area contributed by atoms with Crippen molar-refractivity contribution in [3.05, 3.63) is 72.0 Å². The summed E-state index contributed by atoms with van der Waals surface area (Å²) < 4.78 is 13.7. The lowest BCUT2D eigenvalue weighted by atomic mass is 10.2. The van der Waals surface area contributed by atoms with Gasteiger partial charge in [0.25, 0.3) is 5.91 Å². The standard InChI is InChI=1S/C21H22FN5O/c1-3-27(4-2)16-11-9-15(10-12-16)23-19-13-14-20(26-25-19)24-21(28)17-7-5-6-8-18(17)22/h5-14H,3-4H2,1-2H3,(H,23,25)(H,24,26,28). The lowest BCUT2D eigenvalue weighted by molar-refractivity contribution is 0.102. The number of hydrogen-bond acceptors (Lipinski definition) is 5. The molecule has 0 aliphatic carbocycles. The highest BCUT2D eigenvalue weighted by molar-refractivity contribution is 6.03. The fourth-order valence-corrected chi connectivity index (χ4v) is 2.79. The number of benzene rings is 2. The molecule has 0 atom stereocenters. The van der Waals surface area contributed by atoms with Crippen molar-refractivity contribution in [3.8, 4) is 0 Å². The second kappa shape index (κ2) is 8.94. The van der Waals surface area contributed by atoms with Crippen molar-refractivity contribution in [1.29, 1.82) is 0 Å². The molecule has 1 aromatic heterocycles. The van der Waals surface area contributed by atoms with Crippen LogP contribution < -0.4 is 15.5 Å². The Morgan fingerprint density at radius 3 is 2.18 bits per heavy atom. The molecule has 0 bridgehead atoms. The van der Waals surface area contributed by atoms with Gasteiger partial charge < -0.3 is 15.5 Å². The van der Waals surface area contributed by atoms with Crippen LogP contribution in [0.3, 0.4) is 0 Å². The zero-order valence-corrected chi connectivity index (χ0v) is 15.8. The SMILES string of the molecule is CCN(CC)c1ccc(Nc2ccc(NC(=O)c3ccccc3F)nn2)cc1. The zero-order chi connectivity index (χ0) is 19.9. The van der Waals surface area contributed by atoms with E-state index in [-0.39, 0.29) is 11.4 Å². The van der Waals surface area contributed by atoms with Gasteiger partial charge in [-0.2, -0.15) is 0 Å². The lowest BCUT2D eigenvalue weighted by Gasteiger charge is -2.21. The lowest BCUT2D eigenvalue weighted by Crippen LogP contribution is -2.21. The Kier molecular flexibility index (Phi) is 6.16. The van der Waals surface area contributed by atoms with Crippen molar-refractivity contribution in [2.45, 2.75) is 13.8 Å². The van der Waals surface area contributed by atoms with Gasteiger partial charge in [-0.3, -0.25) is 4.79 Å². The van der Waals surface area contributed by atoms with Crippen LogP contribution in [-0.4, -0.2) is 29.2 Å². The first kappa shape index (κ1) is 19.3. The molecule has 2 N–H and O–H groups in total. The molecule has 0 aliphatic heterocycles. The minimum absolute atomic E-state index is 0.0419. The second-order valence-corrected chi connectivity index (χ2v) is 6.08. The van der Waals surface area contributed by atoms with Crippen molar-refractivity contribution in [2.24, 2.45) is 0 Å². The van der Waals surface area contributed by atoms with Gasteiger partial charge in [0.05, 0.1) is 5.56 Å². The van der Waals surface area contributed by atoms with Crippen molar-refractivity contribution in [2.75, 3.05) is 28.6 Å². The highest BCUT2D eigenvalue weighted by Crippen LogP contribution is 2.20. The van der Waals surface area contributed by atoms with Crippen LogP contribution in [0.15, 0.2) is 60.7 Å². The molecule has 0 saturated carbocycles. The fourth-order valence-electron chi connectivity index (χ4n) is 2.79. The maximum atomic E-state index is 13.7. The number of amides is 1. The molecular formula is C21H22FN5O. The highest BCUT2D eigenvalue weighted by Gasteiger charge is 2.11. The average Bonchev–Trinajstić information content (AvgIpc) is 2.72. The minimum atomic E-state index is -0.584. The maximum absolute atomic E-state index is 13.7. The smallest absolute Gasteiger partial charge is 0.259 e. The first-order valence-corrected chi connectivity index (χ1v) is 9.12. The normalized spacial score (nSPS) is 10.4. The number of rotatable bonds is 7. The third-order valence-electron chi connectivity index (χ3n) is 4.29. The fraction of sp³-hybridized carbons (Fsp3) is 0.190. The van der Waals surface area contributed by atoms with E-state index >= 15 is 0 Å². The molecule has 144 valence electrons. The predicted molar refractivity (Wildman–Crippen MR) is 110 cm³/mol. The Balaban J connectivity index is 1.63. The van der Waals surface area contributed by atoms with Crippen molar-refractivity contribution < 1.29 is 9.18 Å². The van der Waals surface area contributed by atoms with E-state index in [0.29, 0.717) is 5.82 Å². The predicted octanol–water partition coefficient (Wildman–Crippen LogP) is 4.46. The van der Waals surface area contributed by atoms with E-state index in [4.69, 9.17) is 0 Å². The summed E-state index contributed by atoms with van der Waals surface area (Å²) in [6.45, 7) is 6.15. The summed E-state index contributed by atoms with van der Waals surface area (Å²) in [5.74, 6) is -0.366. The third-order valence-corrected chi connectivity index (χ3v) is 4.29. The molecule has 1 amide bonds. The van der Waals surface area contributed by atoms with Crippen LogP contribution in [0.4, 0.5) is 27.4 Å². The number of hydrogen-bond donors (Lipinski definition) is 2. The summed E-state index contributed by atoms with van der Waals surface area (Å²) in [6.07, 6.45) is 0. The number of anilines is 4. The summed E-state index contributed by atoms with van der Waals surface area (Å²) in [6, 6.07) is 17.1. The molecule has 2 aromatic carbocycles. The Bertz CT molecular complexity index is 924. The van der Waals surface area contributed by atoms with E-state index in [1.54, 1.807) is 18.2 Å². The molecule has 28 heavy (non-hydrogen) atoms. The van der Waals surface area contributed by atoms with Gasteiger partial charge in [-0.25, -0.2) is 4.39 Å². The number of carbonyl (C=O) groups excluding carboxylic acids is 1. The summed E-state index contributed by atoms with van der Waals surface area (Å²) in [5.41, 5.74) is 2.00. The highest BCUT2D eigenvalue weighted by atomic mass is 19.1. The molecule has 1 heterocycles. The zero-order valence-electron chi connectivity index (χ0n) is 15.8. The van der Waals surface area contributed by atoms with Gasteiger partial charge in [-0.1, -0.05) is 12.1 Å². The Morgan fingerprint density at radius 2 is 1.57 bits per heavy atom. The van der Waals surface area contributed by atoms with Crippen LogP contribution >= 0.6 is 0 Å². The number of carbonyl (C=O) groups is 1. The van der Waals surface area contributed by atoms with Gasteiger partial charge in [0.2, 0.25) is 0 Å². The molecular weight excluding hydrogens is 357 g/mol. The number of aromatic nitrogens is 2. The molecule has 0 unspecified atom stereocenters. The number of nitrogens with zero attached hydrogens (tertiary/aromatic N) is 3. The molecule has 3 rings (SSSR count). The van der Waals surface area contributed by atoms with E-state index in [2.05, 4.69) is 39.6 Å². The number of nitrogens with one attached hydrogen (secondary N) is 2. The molecule has 0 radical (unpaired) electrons. The van der Waals surface area contributed by atoms with E-state index in [0.717, 1.165) is 24.5 Å². The van der Waals surface area contributed by atoms with Crippen LogP contribution in [0, 0.1) is 5.82 Å². The second-order valence-electron chi connectivity index (χ2n) is 6.08. The van der Waals surface area contributed by atoms with Gasteiger partial charge in [-0.05, 0) is 62.4 Å². The average molecular weight is 379 g/mol. The largest absolute Gasteiger partial charge is 0.372 e. The van der Waals surface area contributed by atoms with Crippen molar-refractivity contribution in [3.63, 3.8) is 0 Å². The Hall–Kier alpha value is -3.48. The quantitative estimate of drug-likeness (QED) is 0.634. The topological polar surface area (TPSA) is 70.2 Å². The van der Waals surface area contributed by atoms with Gasteiger partial charge in [0, 0.05) is 24.5 Å². The maximum Gasteiger partial charge on any atom is 0.259 e. The molecule has 0 saturated heterocycles.